The number of anilines is 1. The van der Waals surface area contributed by atoms with Crippen molar-refractivity contribution in [3.05, 3.63) is 51.2 Å². The van der Waals surface area contributed by atoms with E-state index in [4.69, 9.17) is 33.0 Å². The molecule has 0 saturated carbocycles. The Morgan fingerprint density at radius 3 is 2.82 bits per heavy atom. The topological polar surface area (TPSA) is 79.7 Å². The fourth-order valence-electron chi connectivity index (χ4n) is 2.95. The molecule has 10 heteroatoms. The number of hydrogen-bond donors (Lipinski definition) is 1. The number of carbonyl (C=O) groups is 2. The Balaban J connectivity index is 1.73. The molecule has 0 spiro atoms. The molecule has 1 N–H and O–H groups in total. The van der Waals surface area contributed by atoms with Crippen LogP contribution in [0.3, 0.4) is 0 Å². The first-order valence-electron chi connectivity index (χ1n) is 8.07. The second-order valence-electron chi connectivity index (χ2n) is 6.04. The molecule has 0 fully saturated rings. The highest BCUT2D eigenvalue weighted by Gasteiger charge is 2.36. The van der Waals surface area contributed by atoms with Crippen LogP contribution in [0.4, 0.5) is 10.1 Å². The van der Waals surface area contributed by atoms with E-state index < -0.39 is 30.2 Å². The summed E-state index contributed by atoms with van der Waals surface area (Å²) in [5.74, 6) is -1.91. The van der Waals surface area contributed by atoms with E-state index in [-0.39, 0.29) is 16.6 Å². The lowest BCUT2D eigenvalue weighted by Gasteiger charge is -2.33. The lowest BCUT2D eigenvalue weighted by Crippen LogP contribution is -2.46. The Bertz CT molecular complexity index is 1120. The van der Waals surface area contributed by atoms with Gasteiger partial charge in [0.15, 0.2) is 6.10 Å². The van der Waals surface area contributed by atoms with Crippen LogP contribution < -0.4 is 9.64 Å². The predicted molar refractivity (Wildman–Crippen MR) is 104 cm³/mol. The number of ether oxygens (including phenoxy) is 1. The summed E-state index contributed by atoms with van der Waals surface area (Å²) >= 11 is 13.1. The van der Waals surface area contributed by atoms with E-state index in [0.717, 1.165) is 0 Å². The van der Waals surface area contributed by atoms with Crippen LogP contribution in [0, 0.1) is 5.82 Å². The lowest BCUT2D eigenvalue weighted by molar-refractivity contribution is -0.142. The number of para-hydroxylation sites is 2. The number of carboxylic acids is 1. The molecule has 1 aliphatic heterocycles. The third-order valence-electron chi connectivity index (χ3n) is 4.18. The van der Waals surface area contributed by atoms with E-state index in [1.54, 1.807) is 24.3 Å². The summed E-state index contributed by atoms with van der Waals surface area (Å²) in [6, 6.07) is 8.01. The number of aliphatic carboxylic acids is 1. The number of carboxylic acid groups (broad SMARTS) is 1. The zero-order valence-corrected chi connectivity index (χ0v) is 16.3. The fourth-order valence-corrected chi connectivity index (χ4v) is 4.43. The minimum absolute atomic E-state index is 0.0598. The minimum atomic E-state index is -1.14. The summed E-state index contributed by atoms with van der Waals surface area (Å²) in [7, 11) is 0. The Morgan fingerprint density at radius 1 is 1.32 bits per heavy atom. The third kappa shape index (κ3) is 3.28. The van der Waals surface area contributed by atoms with Gasteiger partial charge in [-0.05, 0) is 12.1 Å². The number of nitrogens with zero attached hydrogens (tertiary/aromatic N) is 2. The number of rotatable bonds is 4. The van der Waals surface area contributed by atoms with Crippen molar-refractivity contribution >= 4 is 62.3 Å². The lowest BCUT2D eigenvalue weighted by atomic mass is 10.1. The average Bonchev–Trinajstić information content (AvgIpc) is 3.05. The van der Waals surface area contributed by atoms with Gasteiger partial charge in [-0.2, -0.15) is 0 Å². The smallest absolute Gasteiger partial charge is 0.307 e. The van der Waals surface area contributed by atoms with Gasteiger partial charge in [0.2, 0.25) is 0 Å². The van der Waals surface area contributed by atoms with Crippen molar-refractivity contribution in [2.75, 3.05) is 4.90 Å². The third-order valence-corrected chi connectivity index (χ3v) is 6.21. The Hall–Kier alpha value is -2.42. The quantitative estimate of drug-likeness (QED) is 0.603. The first-order valence-corrected chi connectivity index (χ1v) is 9.64. The van der Waals surface area contributed by atoms with Crippen molar-refractivity contribution in [1.29, 1.82) is 0 Å². The molecule has 1 amide bonds. The van der Waals surface area contributed by atoms with Crippen LogP contribution in [0.25, 0.3) is 10.2 Å². The molecule has 1 aromatic heterocycles. The van der Waals surface area contributed by atoms with Gasteiger partial charge in [-0.3, -0.25) is 14.5 Å². The van der Waals surface area contributed by atoms with Gasteiger partial charge < -0.3 is 9.84 Å². The van der Waals surface area contributed by atoms with Crippen LogP contribution in [0.5, 0.6) is 5.75 Å². The van der Waals surface area contributed by atoms with Crippen LogP contribution in [-0.4, -0.2) is 28.1 Å². The van der Waals surface area contributed by atoms with Gasteiger partial charge in [0.25, 0.3) is 5.91 Å². The number of hydrogen-bond acceptors (Lipinski definition) is 5. The first-order chi connectivity index (χ1) is 13.3. The van der Waals surface area contributed by atoms with Crippen molar-refractivity contribution in [2.45, 2.75) is 19.1 Å². The monoisotopic (exact) mass is 440 g/mol. The number of thiazole rings is 1. The molecule has 4 rings (SSSR count). The van der Waals surface area contributed by atoms with Gasteiger partial charge in [-0.1, -0.05) is 35.3 Å². The highest BCUT2D eigenvalue weighted by Crippen LogP contribution is 2.39. The number of halogens is 3. The summed E-state index contributed by atoms with van der Waals surface area (Å²) in [5.41, 5.74) is 0.840. The van der Waals surface area contributed by atoms with Gasteiger partial charge in [0.1, 0.15) is 16.6 Å². The van der Waals surface area contributed by atoms with Gasteiger partial charge in [0.05, 0.1) is 38.9 Å². The summed E-state index contributed by atoms with van der Waals surface area (Å²) in [5, 5.41) is 9.45. The summed E-state index contributed by atoms with van der Waals surface area (Å²) in [4.78, 5) is 29.7. The zero-order valence-electron chi connectivity index (χ0n) is 14.0. The van der Waals surface area contributed by atoms with Crippen molar-refractivity contribution in [3.63, 3.8) is 0 Å². The molecule has 1 unspecified atom stereocenters. The molecule has 0 bridgehead atoms. The van der Waals surface area contributed by atoms with Crippen LogP contribution >= 0.6 is 34.5 Å². The Morgan fingerprint density at radius 2 is 2.07 bits per heavy atom. The molecule has 1 aliphatic rings. The van der Waals surface area contributed by atoms with E-state index in [0.29, 0.717) is 26.7 Å². The highest BCUT2D eigenvalue weighted by atomic mass is 35.5. The molecule has 28 heavy (non-hydrogen) atoms. The summed E-state index contributed by atoms with van der Waals surface area (Å²) < 4.78 is 19.9. The van der Waals surface area contributed by atoms with E-state index in [1.807, 2.05) is 0 Å². The van der Waals surface area contributed by atoms with E-state index in [1.165, 1.54) is 22.3 Å². The SMILES string of the molecule is O=C(O)CC1Oc2ccccc2N(Cc2nc3cc(F)c(Cl)c(Cl)c3s2)C1=O. The molecule has 6 nitrogen and oxygen atoms in total. The number of aromatic nitrogens is 1. The fraction of sp³-hybridized carbons (Fsp3) is 0.167. The maximum Gasteiger partial charge on any atom is 0.307 e. The molecule has 0 aliphatic carbocycles. The normalized spacial score (nSPS) is 16.2. The first kappa shape index (κ1) is 18.9. The van der Waals surface area contributed by atoms with Crippen LogP contribution in [0.2, 0.25) is 10.0 Å². The molecule has 0 saturated heterocycles. The molecular formula is C18H11Cl2FN2O4S. The van der Waals surface area contributed by atoms with Gasteiger partial charge >= 0.3 is 5.97 Å². The van der Waals surface area contributed by atoms with Gasteiger partial charge in [-0.25, -0.2) is 9.37 Å². The van der Waals surface area contributed by atoms with Crippen LogP contribution in [0.15, 0.2) is 30.3 Å². The molecule has 2 heterocycles. The number of amides is 1. The van der Waals surface area contributed by atoms with Gasteiger partial charge in [0, 0.05) is 6.07 Å². The Kier molecular flexibility index (Phi) is 4.86. The Labute approximate surface area is 172 Å². The number of fused-ring (bicyclic) bond motifs is 2. The molecule has 3 aromatic rings. The van der Waals surface area contributed by atoms with E-state index >= 15 is 0 Å². The van der Waals surface area contributed by atoms with Crippen LogP contribution in [0.1, 0.15) is 11.4 Å². The summed E-state index contributed by atoms with van der Waals surface area (Å²) in [6.07, 6.45) is -1.60. The van der Waals surface area contributed by atoms with Crippen molar-refractivity contribution in [3.8, 4) is 5.75 Å². The largest absolute Gasteiger partial charge is 0.481 e. The second-order valence-corrected chi connectivity index (χ2v) is 7.88. The molecular weight excluding hydrogens is 430 g/mol. The molecule has 1 atom stereocenters. The van der Waals surface area contributed by atoms with E-state index in [9.17, 15) is 14.0 Å². The standard InChI is InChI=1S/C18H11Cl2FN2O4S/c19-15-8(21)5-9-17(16(15)20)28-13(22-9)7-23-10-3-1-2-4-11(10)27-12(18(23)26)6-14(24)25/h1-5,12H,6-7H2,(H,24,25). The molecule has 2 aromatic carbocycles. The summed E-state index contributed by atoms with van der Waals surface area (Å²) in [6.45, 7) is 0.0598. The van der Waals surface area contributed by atoms with Crippen LogP contribution in [-0.2, 0) is 16.1 Å². The minimum Gasteiger partial charge on any atom is -0.481 e. The van der Waals surface area contributed by atoms with Crippen molar-refractivity contribution in [2.24, 2.45) is 0 Å². The average molecular weight is 441 g/mol. The highest BCUT2D eigenvalue weighted by molar-refractivity contribution is 7.19. The second kappa shape index (κ2) is 7.20. The number of carbonyl (C=O) groups excluding carboxylic acids is 1. The van der Waals surface area contributed by atoms with Crippen molar-refractivity contribution < 1.29 is 23.8 Å². The van der Waals surface area contributed by atoms with Crippen molar-refractivity contribution in [1.82, 2.24) is 4.98 Å². The maximum absolute atomic E-state index is 13.8. The zero-order chi connectivity index (χ0) is 20.0. The van der Waals surface area contributed by atoms with Gasteiger partial charge in [-0.15, -0.1) is 11.3 Å². The number of benzene rings is 2. The predicted octanol–water partition coefficient (Wildman–Crippen LogP) is 4.51. The molecule has 0 radical (unpaired) electrons. The van der Waals surface area contributed by atoms with E-state index in [2.05, 4.69) is 4.98 Å². The molecule has 144 valence electrons. The maximum atomic E-state index is 13.8.